The number of hydrogen-bond acceptors (Lipinski definition) is 3. The number of aromatic carboxylic acids is 1. The van der Waals surface area contributed by atoms with E-state index < -0.39 is 5.97 Å². The van der Waals surface area contributed by atoms with Crippen molar-refractivity contribution in [1.29, 1.82) is 0 Å². The van der Waals surface area contributed by atoms with E-state index in [-0.39, 0.29) is 5.56 Å². The van der Waals surface area contributed by atoms with Gasteiger partial charge in [-0.25, -0.2) is 4.79 Å². The van der Waals surface area contributed by atoms with Crippen LogP contribution in [0.2, 0.25) is 0 Å². The molecule has 0 saturated heterocycles. The number of benzene rings is 1. The molecule has 0 aliphatic carbocycles. The van der Waals surface area contributed by atoms with E-state index in [4.69, 9.17) is 9.84 Å². The molecule has 0 saturated carbocycles. The summed E-state index contributed by atoms with van der Waals surface area (Å²) < 4.78 is 5.12. The lowest BCUT2D eigenvalue weighted by atomic mass is 10.0. The Kier molecular flexibility index (Phi) is 5.49. The van der Waals surface area contributed by atoms with Gasteiger partial charge in [-0.15, -0.1) is 0 Å². The molecule has 1 rings (SSSR count). The van der Waals surface area contributed by atoms with Crippen LogP contribution in [0.25, 0.3) is 0 Å². The van der Waals surface area contributed by atoms with Gasteiger partial charge in [0, 0.05) is 12.6 Å². The topological polar surface area (TPSA) is 58.6 Å². The number of carbonyl (C=O) groups is 1. The first-order chi connectivity index (χ1) is 8.62. The Morgan fingerprint density at radius 1 is 1.39 bits per heavy atom. The zero-order valence-electron chi connectivity index (χ0n) is 11.2. The van der Waals surface area contributed by atoms with Gasteiger partial charge in [0.05, 0.1) is 18.4 Å². The second kappa shape index (κ2) is 6.89. The van der Waals surface area contributed by atoms with Gasteiger partial charge in [0.1, 0.15) is 5.75 Å². The maximum Gasteiger partial charge on any atom is 0.337 e. The van der Waals surface area contributed by atoms with Gasteiger partial charge in [-0.1, -0.05) is 26.7 Å². The molecule has 0 unspecified atom stereocenters. The molecule has 0 bridgehead atoms. The minimum Gasteiger partial charge on any atom is -0.497 e. The third-order valence-corrected chi connectivity index (χ3v) is 3.19. The molecule has 1 aromatic rings. The molecule has 0 aliphatic rings. The number of anilines is 1. The van der Waals surface area contributed by atoms with E-state index in [1.54, 1.807) is 25.3 Å². The number of carboxylic acid groups (broad SMARTS) is 1. The molecule has 0 amide bonds. The molecule has 0 spiro atoms. The third-order valence-electron chi connectivity index (χ3n) is 3.19. The molecule has 4 nitrogen and oxygen atoms in total. The largest absolute Gasteiger partial charge is 0.497 e. The monoisotopic (exact) mass is 251 g/mol. The summed E-state index contributed by atoms with van der Waals surface area (Å²) in [7, 11) is 1.57. The minimum atomic E-state index is -0.926. The van der Waals surface area contributed by atoms with Crippen LogP contribution >= 0.6 is 0 Å². The number of rotatable bonds is 7. The van der Waals surface area contributed by atoms with Crippen molar-refractivity contribution in [3.63, 3.8) is 0 Å². The number of ether oxygens (including phenoxy) is 1. The summed E-state index contributed by atoms with van der Waals surface area (Å²) >= 11 is 0. The molecule has 0 fully saturated rings. The van der Waals surface area contributed by atoms with E-state index >= 15 is 0 Å². The number of nitrogens with one attached hydrogen (secondary N) is 1. The second-order valence-corrected chi connectivity index (χ2v) is 4.28. The molecule has 100 valence electrons. The Morgan fingerprint density at radius 2 is 2.06 bits per heavy atom. The maximum atomic E-state index is 11.1. The Labute approximate surface area is 108 Å². The van der Waals surface area contributed by atoms with Crippen molar-refractivity contribution >= 4 is 11.7 Å². The van der Waals surface area contributed by atoms with Crippen molar-refractivity contribution in [3.05, 3.63) is 23.8 Å². The average molecular weight is 251 g/mol. The fourth-order valence-corrected chi connectivity index (χ4v) is 1.81. The van der Waals surface area contributed by atoms with E-state index in [0.29, 0.717) is 17.4 Å². The van der Waals surface area contributed by atoms with Gasteiger partial charge in [-0.05, 0) is 18.1 Å². The first kappa shape index (κ1) is 14.4. The van der Waals surface area contributed by atoms with E-state index in [0.717, 1.165) is 19.4 Å². The maximum absolute atomic E-state index is 11.1. The lowest BCUT2D eigenvalue weighted by Crippen LogP contribution is -2.15. The van der Waals surface area contributed by atoms with Gasteiger partial charge in [0.15, 0.2) is 0 Å². The molecule has 1 aromatic carbocycles. The fraction of sp³-hybridized carbons (Fsp3) is 0.500. The predicted molar refractivity (Wildman–Crippen MR) is 72.5 cm³/mol. The van der Waals surface area contributed by atoms with Crippen LogP contribution in [0.5, 0.6) is 5.75 Å². The highest BCUT2D eigenvalue weighted by Crippen LogP contribution is 2.23. The fourth-order valence-electron chi connectivity index (χ4n) is 1.81. The quantitative estimate of drug-likeness (QED) is 0.781. The average Bonchev–Trinajstić information content (AvgIpc) is 2.39. The molecular weight excluding hydrogens is 230 g/mol. The van der Waals surface area contributed by atoms with Crippen LogP contribution in [0.15, 0.2) is 18.2 Å². The van der Waals surface area contributed by atoms with Crippen LogP contribution < -0.4 is 10.1 Å². The number of carboxylic acids is 1. The van der Waals surface area contributed by atoms with Crippen molar-refractivity contribution < 1.29 is 14.6 Å². The Morgan fingerprint density at radius 3 is 2.56 bits per heavy atom. The van der Waals surface area contributed by atoms with Crippen molar-refractivity contribution in [2.75, 3.05) is 19.0 Å². The van der Waals surface area contributed by atoms with Gasteiger partial charge >= 0.3 is 5.97 Å². The van der Waals surface area contributed by atoms with Gasteiger partial charge < -0.3 is 15.2 Å². The lowest BCUT2D eigenvalue weighted by molar-refractivity contribution is 0.0698. The summed E-state index contributed by atoms with van der Waals surface area (Å²) in [5, 5.41) is 12.3. The highest BCUT2D eigenvalue weighted by molar-refractivity contribution is 5.94. The van der Waals surface area contributed by atoms with Gasteiger partial charge in [-0.3, -0.25) is 0 Å². The molecule has 0 atom stereocenters. The van der Waals surface area contributed by atoms with Crippen molar-refractivity contribution in [1.82, 2.24) is 0 Å². The molecule has 4 heteroatoms. The first-order valence-electron chi connectivity index (χ1n) is 6.27. The first-order valence-corrected chi connectivity index (χ1v) is 6.27. The zero-order chi connectivity index (χ0) is 13.5. The normalized spacial score (nSPS) is 10.4. The highest BCUT2D eigenvalue weighted by Gasteiger charge is 2.12. The summed E-state index contributed by atoms with van der Waals surface area (Å²) in [6.07, 6.45) is 2.16. The molecule has 0 heterocycles. The zero-order valence-corrected chi connectivity index (χ0v) is 11.2. The highest BCUT2D eigenvalue weighted by atomic mass is 16.5. The van der Waals surface area contributed by atoms with Crippen LogP contribution in [0.4, 0.5) is 5.69 Å². The van der Waals surface area contributed by atoms with Crippen LogP contribution in [0.3, 0.4) is 0 Å². The van der Waals surface area contributed by atoms with Crippen LogP contribution in [0.1, 0.15) is 37.0 Å². The van der Waals surface area contributed by atoms with Crippen LogP contribution in [-0.4, -0.2) is 24.7 Å². The third kappa shape index (κ3) is 3.65. The Bertz CT molecular complexity index is 400. The van der Waals surface area contributed by atoms with Gasteiger partial charge in [0.2, 0.25) is 0 Å². The molecule has 0 aliphatic heterocycles. The summed E-state index contributed by atoms with van der Waals surface area (Å²) in [5.41, 5.74) is 0.899. The van der Waals surface area contributed by atoms with E-state index in [9.17, 15) is 4.79 Å². The SMILES string of the molecule is CCC(CC)CNc1cc(OC)ccc1C(=O)O. The van der Waals surface area contributed by atoms with E-state index in [1.807, 2.05) is 0 Å². The van der Waals surface area contributed by atoms with Crippen molar-refractivity contribution in [3.8, 4) is 5.75 Å². The molecule has 2 N–H and O–H groups in total. The van der Waals surface area contributed by atoms with E-state index in [1.165, 1.54) is 0 Å². The summed E-state index contributed by atoms with van der Waals surface area (Å²) in [6.45, 7) is 5.06. The molecule has 0 aromatic heterocycles. The summed E-state index contributed by atoms with van der Waals surface area (Å²) in [4.78, 5) is 11.1. The van der Waals surface area contributed by atoms with Crippen LogP contribution in [0, 0.1) is 5.92 Å². The number of hydrogen-bond donors (Lipinski definition) is 2. The van der Waals surface area contributed by atoms with E-state index in [2.05, 4.69) is 19.2 Å². The van der Waals surface area contributed by atoms with Gasteiger partial charge in [0.25, 0.3) is 0 Å². The predicted octanol–water partition coefficient (Wildman–Crippen LogP) is 3.24. The number of methoxy groups -OCH3 is 1. The van der Waals surface area contributed by atoms with Gasteiger partial charge in [-0.2, -0.15) is 0 Å². The minimum absolute atomic E-state index is 0.279. The molecular formula is C14H21NO3. The Balaban J connectivity index is 2.87. The van der Waals surface area contributed by atoms with Crippen molar-refractivity contribution in [2.45, 2.75) is 26.7 Å². The smallest absolute Gasteiger partial charge is 0.337 e. The summed E-state index contributed by atoms with van der Waals surface area (Å²) in [5.74, 6) is 0.287. The lowest BCUT2D eigenvalue weighted by Gasteiger charge is -2.16. The second-order valence-electron chi connectivity index (χ2n) is 4.28. The van der Waals surface area contributed by atoms with Crippen molar-refractivity contribution in [2.24, 2.45) is 5.92 Å². The van der Waals surface area contributed by atoms with Crippen LogP contribution in [-0.2, 0) is 0 Å². The Hall–Kier alpha value is -1.71. The standard InChI is InChI=1S/C14H21NO3/c1-4-10(5-2)9-15-13-8-11(18-3)6-7-12(13)14(16)17/h6-8,10,15H,4-5,9H2,1-3H3,(H,16,17). The molecule has 18 heavy (non-hydrogen) atoms. The summed E-state index contributed by atoms with van der Waals surface area (Å²) in [6, 6.07) is 4.95. The molecule has 0 radical (unpaired) electrons.